The number of nitrogens with one attached hydrogen (secondary N) is 1. The lowest BCUT2D eigenvalue weighted by Gasteiger charge is -2.24. The molecule has 1 atom stereocenters. The van der Waals surface area contributed by atoms with Gasteiger partial charge in [0.15, 0.2) is 0 Å². The molecule has 2 aromatic carbocycles. The molecule has 1 aliphatic rings. The lowest BCUT2D eigenvalue weighted by atomic mass is 9.86. The number of rotatable bonds is 3. The summed E-state index contributed by atoms with van der Waals surface area (Å²) in [6, 6.07) is 13.9. The van der Waals surface area contributed by atoms with Gasteiger partial charge in [-0.25, -0.2) is 4.98 Å². The molecule has 0 spiro atoms. The third kappa shape index (κ3) is 3.12. The van der Waals surface area contributed by atoms with Crippen LogP contribution in [0.1, 0.15) is 29.2 Å². The minimum absolute atomic E-state index is 0.0191. The molecular weight excluding hydrogens is 452 g/mol. The van der Waals surface area contributed by atoms with Crippen LogP contribution in [-0.2, 0) is 4.79 Å². The SMILES string of the molecule is COc1ccc2nc(-n3nc(C)c4c3NC(=O)C[C@@H]4c3ccc(Br)cc3)sc2c1. The number of ether oxygens (including phenoxy) is 1. The second kappa shape index (κ2) is 6.96. The van der Waals surface area contributed by atoms with Crippen molar-refractivity contribution in [2.75, 3.05) is 12.4 Å². The van der Waals surface area contributed by atoms with Gasteiger partial charge in [-0.15, -0.1) is 0 Å². The lowest BCUT2D eigenvalue weighted by Crippen LogP contribution is -2.24. The summed E-state index contributed by atoms with van der Waals surface area (Å²) in [5, 5.41) is 8.47. The molecule has 6 nitrogen and oxygen atoms in total. The number of hydrogen-bond donors (Lipinski definition) is 1. The van der Waals surface area contributed by atoms with Gasteiger partial charge >= 0.3 is 0 Å². The minimum Gasteiger partial charge on any atom is -0.497 e. The first kappa shape index (κ1) is 18.3. The number of aryl methyl sites for hydroxylation is 1. The van der Waals surface area contributed by atoms with Gasteiger partial charge < -0.3 is 10.1 Å². The van der Waals surface area contributed by atoms with E-state index in [1.807, 2.05) is 37.3 Å². The van der Waals surface area contributed by atoms with E-state index in [0.29, 0.717) is 17.4 Å². The standard InChI is InChI=1S/C21H17BrN4O2S/c1-11-19-15(12-3-5-13(22)6-4-12)10-18(27)24-20(19)26(25-11)21-23-16-8-7-14(28-2)9-17(16)29-21/h3-9,15H,10H2,1-2H3,(H,24,27)/t15-/m1/s1. The second-order valence-corrected chi connectivity index (χ2v) is 8.87. The topological polar surface area (TPSA) is 69.0 Å². The molecule has 0 fully saturated rings. The maximum absolute atomic E-state index is 12.5. The van der Waals surface area contributed by atoms with Crippen molar-refractivity contribution in [3.63, 3.8) is 0 Å². The average Bonchev–Trinajstić information content (AvgIpc) is 3.28. The van der Waals surface area contributed by atoms with Crippen LogP contribution in [0.5, 0.6) is 5.75 Å². The van der Waals surface area contributed by atoms with E-state index in [1.54, 1.807) is 11.8 Å². The molecule has 2 aromatic heterocycles. The number of hydrogen-bond acceptors (Lipinski definition) is 5. The maximum atomic E-state index is 12.5. The van der Waals surface area contributed by atoms with Gasteiger partial charge in [0.25, 0.3) is 0 Å². The number of carbonyl (C=O) groups excluding carboxylic acids is 1. The Balaban J connectivity index is 1.64. The Bertz CT molecular complexity index is 1250. The van der Waals surface area contributed by atoms with E-state index >= 15 is 0 Å². The van der Waals surface area contributed by atoms with Crippen molar-refractivity contribution < 1.29 is 9.53 Å². The van der Waals surface area contributed by atoms with Crippen LogP contribution in [0.2, 0.25) is 0 Å². The van der Waals surface area contributed by atoms with Crippen LogP contribution in [0.4, 0.5) is 5.82 Å². The molecule has 1 N–H and O–H groups in total. The number of thiazole rings is 1. The van der Waals surface area contributed by atoms with Crippen molar-refractivity contribution >= 4 is 49.2 Å². The van der Waals surface area contributed by atoms with Crippen LogP contribution < -0.4 is 10.1 Å². The highest BCUT2D eigenvalue weighted by atomic mass is 79.9. The van der Waals surface area contributed by atoms with Gasteiger partial charge in [0.2, 0.25) is 11.0 Å². The first-order chi connectivity index (χ1) is 14.0. The highest BCUT2D eigenvalue weighted by Gasteiger charge is 2.33. The molecule has 0 saturated heterocycles. The van der Waals surface area contributed by atoms with Gasteiger partial charge in [0.05, 0.1) is 23.0 Å². The van der Waals surface area contributed by atoms with Gasteiger partial charge in [-0.05, 0) is 42.8 Å². The Morgan fingerprint density at radius 1 is 1.24 bits per heavy atom. The summed E-state index contributed by atoms with van der Waals surface area (Å²) in [6.07, 6.45) is 0.401. The number of amides is 1. The largest absolute Gasteiger partial charge is 0.497 e. The highest BCUT2D eigenvalue weighted by Crippen LogP contribution is 2.41. The van der Waals surface area contributed by atoms with Crippen molar-refractivity contribution in [1.82, 2.24) is 14.8 Å². The second-order valence-electron chi connectivity index (χ2n) is 6.95. The van der Waals surface area contributed by atoms with Gasteiger partial charge in [0.1, 0.15) is 11.6 Å². The van der Waals surface area contributed by atoms with Crippen molar-refractivity contribution in [1.29, 1.82) is 0 Å². The number of methoxy groups -OCH3 is 1. The fraction of sp³-hybridized carbons (Fsp3) is 0.190. The molecule has 29 heavy (non-hydrogen) atoms. The average molecular weight is 469 g/mol. The molecule has 4 aromatic rings. The summed E-state index contributed by atoms with van der Waals surface area (Å²) in [5.74, 6) is 1.44. The van der Waals surface area contributed by atoms with Gasteiger partial charge in [0, 0.05) is 22.4 Å². The van der Waals surface area contributed by atoms with Crippen LogP contribution in [0.3, 0.4) is 0 Å². The molecule has 0 bridgehead atoms. The summed E-state index contributed by atoms with van der Waals surface area (Å²) in [5.41, 5.74) is 3.91. The van der Waals surface area contributed by atoms with E-state index in [2.05, 4.69) is 33.4 Å². The smallest absolute Gasteiger partial charge is 0.226 e. The zero-order chi connectivity index (χ0) is 20.1. The van der Waals surface area contributed by atoms with Crippen molar-refractivity contribution in [3.8, 4) is 10.9 Å². The third-order valence-corrected chi connectivity index (χ3v) is 6.66. The molecule has 146 valence electrons. The molecule has 3 heterocycles. The normalized spacial score (nSPS) is 16.0. The van der Waals surface area contributed by atoms with E-state index in [9.17, 15) is 4.79 Å². The number of halogens is 1. The highest BCUT2D eigenvalue weighted by molar-refractivity contribution is 9.10. The third-order valence-electron chi connectivity index (χ3n) is 5.14. The van der Waals surface area contributed by atoms with Crippen molar-refractivity contribution in [3.05, 3.63) is 63.8 Å². The van der Waals surface area contributed by atoms with E-state index in [-0.39, 0.29) is 11.8 Å². The Morgan fingerprint density at radius 2 is 2.03 bits per heavy atom. The molecule has 1 amide bonds. The van der Waals surface area contributed by atoms with Crippen LogP contribution >= 0.6 is 27.3 Å². The van der Waals surface area contributed by atoms with Crippen molar-refractivity contribution in [2.45, 2.75) is 19.3 Å². The van der Waals surface area contributed by atoms with Gasteiger partial charge in [-0.3, -0.25) is 4.79 Å². The fourth-order valence-electron chi connectivity index (χ4n) is 3.78. The molecule has 0 radical (unpaired) electrons. The molecular formula is C21H17BrN4O2S. The fourth-order valence-corrected chi connectivity index (χ4v) is 4.99. The van der Waals surface area contributed by atoms with Gasteiger partial charge in [-0.2, -0.15) is 9.78 Å². The van der Waals surface area contributed by atoms with E-state index < -0.39 is 0 Å². The molecule has 0 aliphatic carbocycles. The first-order valence-electron chi connectivity index (χ1n) is 9.13. The molecule has 0 unspecified atom stereocenters. The molecule has 1 aliphatic heterocycles. The number of fused-ring (bicyclic) bond motifs is 2. The maximum Gasteiger partial charge on any atom is 0.226 e. The predicted molar refractivity (Wildman–Crippen MR) is 117 cm³/mol. The Labute approximate surface area is 179 Å². The summed E-state index contributed by atoms with van der Waals surface area (Å²) in [6.45, 7) is 1.98. The van der Waals surface area contributed by atoms with Crippen LogP contribution in [0, 0.1) is 6.92 Å². The quantitative estimate of drug-likeness (QED) is 0.457. The Morgan fingerprint density at radius 3 is 2.79 bits per heavy atom. The number of nitrogens with zero attached hydrogens (tertiary/aromatic N) is 3. The minimum atomic E-state index is -0.0323. The summed E-state index contributed by atoms with van der Waals surface area (Å²) in [4.78, 5) is 17.3. The summed E-state index contributed by atoms with van der Waals surface area (Å²) >= 11 is 5.00. The zero-order valence-corrected chi connectivity index (χ0v) is 18.2. The molecule has 0 saturated carbocycles. The van der Waals surface area contributed by atoms with Gasteiger partial charge in [-0.1, -0.05) is 39.4 Å². The van der Waals surface area contributed by atoms with Crippen LogP contribution in [0.25, 0.3) is 15.3 Å². The predicted octanol–water partition coefficient (Wildman–Crippen LogP) is 5.04. The zero-order valence-electron chi connectivity index (χ0n) is 15.8. The summed E-state index contributed by atoms with van der Waals surface area (Å²) < 4.78 is 9.09. The number of benzene rings is 2. The monoisotopic (exact) mass is 468 g/mol. The van der Waals surface area contributed by atoms with Crippen LogP contribution in [0.15, 0.2) is 46.9 Å². The van der Waals surface area contributed by atoms with E-state index in [4.69, 9.17) is 14.8 Å². The number of aromatic nitrogens is 3. The molecule has 5 rings (SSSR count). The van der Waals surface area contributed by atoms with Crippen LogP contribution in [-0.4, -0.2) is 27.8 Å². The molecule has 8 heteroatoms. The lowest BCUT2D eigenvalue weighted by molar-refractivity contribution is -0.116. The Kier molecular flexibility index (Phi) is 4.40. The van der Waals surface area contributed by atoms with E-state index in [0.717, 1.165) is 37.3 Å². The number of carbonyl (C=O) groups is 1. The van der Waals surface area contributed by atoms with E-state index in [1.165, 1.54) is 11.3 Å². The van der Waals surface area contributed by atoms with Crippen molar-refractivity contribution in [2.24, 2.45) is 0 Å². The summed E-state index contributed by atoms with van der Waals surface area (Å²) in [7, 11) is 1.65. The Hall–Kier alpha value is -2.71. The number of anilines is 1. The first-order valence-corrected chi connectivity index (χ1v) is 10.7.